The summed E-state index contributed by atoms with van der Waals surface area (Å²) in [7, 11) is 3.02. The van der Waals surface area contributed by atoms with Crippen molar-refractivity contribution in [1.82, 2.24) is 4.90 Å². The number of methoxy groups -OCH3 is 2. The SMILES string of the molecule is COCCCN(CCOC)CC(C#N)C(F)(F)F. The molecule has 0 amide bonds. The first-order valence-corrected chi connectivity index (χ1v) is 5.62. The summed E-state index contributed by atoms with van der Waals surface area (Å²) < 4.78 is 47.2. The first-order chi connectivity index (χ1) is 8.45. The number of ether oxygens (including phenoxy) is 2. The summed E-state index contributed by atoms with van der Waals surface area (Å²) in [5, 5.41) is 8.55. The van der Waals surface area contributed by atoms with Gasteiger partial charge in [0.15, 0.2) is 5.92 Å². The van der Waals surface area contributed by atoms with Gasteiger partial charge in [-0.15, -0.1) is 0 Å². The third-order valence-corrected chi connectivity index (χ3v) is 2.43. The predicted molar refractivity (Wildman–Crippen MR) is 60.0 cm³/mol. The summed E-state index contributed by atoms with van der Waals surface area (Å²) in [5.74, 6) is -1.96. The summed E-state index contributed by atoms with van der Waals surface area (Å²) in [5.41, 5.74) is 0. The van der Waals surface area contributed by atoms with E-state index in [0.717, 1.165) is 0 Å². The molecule has 1 unspecified atom stereocenters. The number of halogens is 3. The largest absolute Gasteiger partial charge is 0.405 e. The normalized spacial score (nSPS) is 13.6. The second-order valence-electron chi connectivity index (χ2n) is 3.86. The molecule has 0 fully saturated rings. The first kappa shape index (κ1) is 17.2. The van der Waals surface area contributed by atoms with E-state index in [0.29, 0.717) is 32.7 Å². The maximum atomic E-state index is 12.5. The van der Waals surface area contributed by atoms with Gasteiger partial charge in [-0.05, 0) is 6.42 Å². The van der Waals surface area contributed by atoms with Crippen molar-refractivity contribution in [2.75, 3.05) is 47.1 Å². The standard InChI is InChI=1S/C11H19F3N2O2/c1-17-6-3-4-16(5-7-18-2)9-10(8-15)11(12,13)14/h10H,3-7,9H2,1-2H3. The summed E-state index contributed by atoms with van der Waals surface area (Å²) >= 11 is 0. The number of hydrogen-bond acceptors (Lipinski definition) is 4. The van der Waals surface area contributed by atoms with Crippen LogP contribution in [0.4, 0.5) is 13.2 Å². The zero-order chi connectivity index (χ0) is 14.0. The van der Waals surface area contributed by atoms with Crippen LogP contribution in [0.15, 0.2) is 0 Å². The van der Waals surface area contributed by atoms with Crippen LogP contribution in [0.5, 0.6) is 0 Å². The van der Waals surface area contributed by atoms with Gasteiger partial charge in [0, 0.05) is 40.5 Å². The monoisotopic (exact) mass is 268 g/mol. The molecule has 0 bridgehead atoms. The second-order valence-corrected chi connectivity index (χ2v) is 3.86. The summed E-state index contributed by atoms with van der Waals surface area (Å²) in [6.07, 6.45) is -3.86. The number of nitriles is 1. The topological polar surface area (TPSA) is 45.5 Å². The molecule has 0 aliphatic carbocycles. The van der Waals surface area contributed by atoms with Crippen molar-refractivity contribution in [1.29, 1.82) is 5.26 Å². The van der Waals surface area contributed by atoms with Gasteiger partial charge in [0.05, 0.1) is 12.7 Å². The molecule has 0 N–H and O–H groups in total. The molecule has 0 heterocycles. The van der Waals surface area contributed by atoms with Gasteiger partial charge in [-0.3, -0.25) is 4.90 Å². The van der Waals surface area contributed by atoms with Gasteiger partial charge in [-0.25, -0.2) is 0 Å². The molecule has 0 saturated carbocycles. The molecule has 0 aliphatic heterocycles. The van der Waals surface area contributed by atoms with E-state index >= 15 is 0 Å². The van der Waals surface area contributed by atoms with E-state index < -0.39 is 12.1 Å². The minimum absolute atomic E-state index is 0.326. The Labute approximate surface area is 105 Å². The Morgan fingerprint density at radius 3 is 2.22 bits per heavy atom. The van der Waals surface area contributed by atoms with Crippen molar-refractivity contribution in [3.8, 4) is 6.07 Å². The van der Waals surface area contributed by atoms with E-state index in [1.807, 2.05) is 0 Å². The van der Waals surface area contributed by atoms with Crippen molar-refractivity contribution >= 4 is 0 Å². The molecule has 0 rings (SSSR count). The van der Waals surface area contributed by atoms with E-state index in [4.69, 9.17) is 14.7 Å². The van der Waals surface area contributed by atoms with Gasteiger partial charge >= 0.3 is 6.18 Å². The summed E-state index contributed by atoms with van der Waals surface area (Å²) in [4.78, 5) is 1.57. The van der Waals surface area contributed by atoms with Crippen LogP contribution in [0, 0.1) is 17.2 Å². The number of rotatable bonds is 9. The second kappa shape index (κ2) is 9.14. The van der Waals surface area contributed by atoms with Gasteiger partial charge in [-0.2, -0.15) is 18.4 Å². The number of hydrogen-bond donors (Lipinski definition) is 0. The highest BCUT2D eigenvalue weighted by Crippen LogP contribution is 2.26. The molecule has 0 aromatic heterocycles. The van der Waals surface area contributed by atoms with E-state index in [1.165, 1.54) is 20.3 Å². The molecule has 0 aromatic carbocycles. The van der Waals surface area contributed by atoms with Crippen molar-refractivity contribution in [3.05, 3.63) is 0 Å². The van der Waals surface area contributed by atoms with E-state index in [9.17, 15) is 13.2 Å². The average Bonchev–Trinajstić information content (AvgIpc) is 2.30. The van der Waals surface area contributed by atoms with Gasteiger partial charge in [0.25, 0.3) is 0 Å². The zero-order valence-electron chi connectivity index (χ0n) is 10.7. The average molecular weight is 268 g/mol. The highest BCUT2D eigenvalue weighted by molar-refractivity contribution is 4.90. The highest BCUT2D eigenvalue weighted by Gasteiger charge is 2.40. The van der Waals surface area contributed by atoms with Crippen LogP contribution in [-0.4, -0.2) is 58.1 Å². The van der Waals surface area contributed by atoms with Crippen molar-refractivity contribution in [3.63, 3.8) is 0 Å². The molecule has 0 spiro atoms. The van der Waals surface area contributed by atoms with Crippen LogP contribution in [0.3, 0.4) is 0 Å². The van der Waals surface area contributed by atoms with E-state index in [2.05, 4.69) is 0 Å². The maximum absolute atomic E-state index is 12.5. The fourth-order valence-electron chi connectivity index (χ4n) is 1.42. The Bertz CT molecular complexity index is 254. The van der Waals surface area contributed by atoms with Gasteiger partial charge in [0.1, 0.15) is 0 Å². The Morgan fingerprint density at radius 1 is 1.17 bits per heavy atom. The van der Waals surface area contributed by atoms with E-state index in [-0.39, 0.29) is 6.54 Å². The molecule has 0 aromatic rings. The molecule has 1 atom stereocenters. The highest BCUT2D eigenvalue weighted by atomic mass is 19.4. The lowest BCUT2D eigenvalue weighted by atomic mass is 10.1. The zero-order valence-corrected chi connectivity index (χ0v) is 10.7. The Balaban J connectivity index is 4.32. The van der Waals surface area contributed by atoms with Gasteiger partial charge < -0.3 is 9.47 Å². The van der Waals surface area contributed by atoms with Crippen LogP contribution in [0.1, 0.15) is 6.42 Å². The fraction of sp³-hybridized carbons (Fsp3) is 0.909. The minimum atomic E-state index is -4.48. The van der Waals surface area contributed by atoms with Crippen LogP contribution in [0.25, 0.3) is 0 Å². The predicted octanol–water partition coefficient (Wildman–Crippen LogP) is 1.67. The lowest BCUT2D eigenvalue weighted by Gasteiger charge is -2.25. The summed E-state index contributed by atoms with van der Waals surface area (Å²) in [6.45, 7) is 1.31. The fourth-order valence-corrected chi connectivity index (χ4v) is 1.42. The van der Waals surface area contributed by atoms with Crippen LogP contribution >= 0.6 is 0 Å². The molecule has 4 nitrogen and oxygen atoms in total. The smallest absolute Gasteiger partial charge is 0.385 e. The molecule has 0 radical (unpaired) electrons. The maximum Gasteiger partial charge on any atom is 0.405 e. The van der Waals surface area contributed by atoms with Gasteiger partial charge in [0.2, 0.25) is 0 Å². The quantitative estimate of drug-likeness (QED) is 0.597. The molecular weight excluding hydrogens is 249 g/mol. The van der Waals surface area contributed by atoms with Crippen LogP contribution in [0.2, 0.25) is 0 Å². The third-order valence-electron chi connectivity index (χ3n) is 2.43. The van der Waals surface area contributed by atoms with Crippen LogP contribution in [-0.2, 0) is 9.47 Å². The lowest BCUT2D eigenvalue weighted by molar-refractivity contribution is -0.163. The third kappa shape index (κ3) is 7.48. The number of alkyl halides is 3. The van der Waals surface area contributed by atoms with Gasteiger partial charge in [-0.1, -0.05) is 0 Å². The lowest BCUT2D eigenvalue weighted by Crippen LogP contribution is -2.38. The molecular formula is C11H19F3N2O2. The molecule has 0 aliphatic rings. The van der Waals surface area contributed by atoms with Crippen molar-refractivity contribution < 1.29 is 22.6 Å². The van der Waals surface area contributed by atoms with Crippen molar-refractivity contribution in [2.45, 2.75) is 12.6 Å². The van der Waals surface area contributed by atoms with Crippen molar-refractivity contribution in [2.24, 2.45) is 5.92 Å². The molecule has 0 saturated heterocycles. The molecule has 106 valence electrons. The van der Waals surface area contributed by atoms with Crippen LogP contribution < -0.4 is 0 Å². The van der Waals surface area contributed by atoms with E-state index in [1.54, 1.807) is 4.90 Å². The Morgan fingerprint density at radius 2 is 1.78 bits per heavy atom. The Hall–Kier alpha value is -0.840. The Kier molecular flexibility index (Phi) is 8.71. The summed E-state index contributed by atoms with van der Waals surface area (Å²) in [6, 6.07) is 1.30. The molecule has 7 heteroatoms. The minimum Gasteiger partial charge on any atom is -0.385 e. The first-order valence-electron chi connectivity index (χ1n) is 5.62. The number of nitrogens with zero attached hydrogens (tertiary/aromatic N) is 2. The molecule has 18 heavy (non-hydrogen) atoms.